The number of carboxylic acids is 1. The Hall–Kier alpha value is -0.830. The molecular formula is C22H45NO2. The van der Waals surface area contributed by atoms with Gasteiger partial charge in [-0.1, -0.05) is 84.3 Å². The largest absolute Gasteiger partial charge is 0.481 e. The fourth-order valence-electron chi connectivity index (χ4n) is 2.60. The van der Waals surface area contributed by atoms with Gasteiger partial charge in [0.25, 0.3) is 0 Å². The van der Waals surface area contributed by atoms with Crippen molar-refractivity contribution in [3.8, 4) is 0 Å². The van der Waals surface area contributed by atoms with Gasteiger partial charge in [0.2, 0.25) is 0 Å². The maximum atomic E-state index is 10.3. The van der Waals surface area contributed by atoms with Gasteiger partial charge in [0.15, 0.2) is 0 Å². The van der Waals surface area contributed by atoms with Crippen molar-refractivity contribution >= 4 is 5.97 Å². The lowest BCUT2D eigenvalue weighted by Gasteiger charge is -1.99. The molecule has 0 atom stereocenters. The van der Waals surface area contributed by atoms with Gasteiger partial charge in [0.1, 0.15) is 0 Å². The maximum Gasteiger partial charge on any atom is 0.303 e. The Morgan fingerprint density at radius 2 is 1.16 bits per heavy atom. The normalized spacial score (nSPS) is 10.7. The number of nitrogens with one attached hydrogen (secondary N) is 1. The predicted molar refractivity (Wildman–Crippen MR) is 111 cm³/mol. The molecule has 0 fully saturated rings. The number of hydrogen-bond acceptors (Lipinski definition) is 2. The van der Waals surface area contributed by atoms with Crippen LogP contribution in [0.15, 0.2) is 12.2 Å². The summed E-state index contributed by atoms with van der Waals surface area (Å²) < 4.78 is 0. The SMILES string of the molecule is CCCCCCCCC=CCCCCCCCC(=O)O.CCNCC. The summed E-state index contributed by atoms with van der Waals surface area (Å²) in [5.74, 6) is -0.664. The predicted octanol–water partition coefficient (Wildman–Crippen LogP) is 6.72. The first-order chi connectivity index (χ1) is 12.2. The van der Waals surface area contributed by atoms with E-state index in [0.29, 0.717) is 6.42 Å². The standard InChI is InChI=1S/C18H34O2.C4H11N/c1-2-3-4-5-6-7-8-9-10-11-12-13-14-15-16-17-18(19)20;1-3-5-4-2/h9-10H,2-8,11-17H2,1H3,(H,19,20);5H,3-4H2,1-2H3. The van der Waals surface area contributed by atoms with Crippen molar-refractivity contribution in [1.29, 1.82) is 0 Å². The second kappa shape index (κ2) is 25.4. The van der Waals surface area contributed by atoms with Crippen LogP contribution in [0.2, 0.25) is 0 Å². The third-order valence-corrected chi connectivity index (χ3v) is 4.15. The Labute approximate surface area is 157 Å². The van der Waals surface area contributed by atoms with E-state index >= 15 is 0 Å². The van der Waals surface area contributed by atoms with Crippen molar-refractivity contribution in [3.63, 3.8) is 0 Å². The van der Waals surface area contributed by atoms with Gasteiger partial charge in [-0.05, 0) is 45.2 Å². The van der Waals surface area contributed by atoms with Gasteiger partial charge in [-0.3, -0.25) is 4.79 Å². The molecule has 0 aliphatic rings. The van der Waals surface area contributed by atoms with E-state index in [2.05, 4.69) is 38.2 Å². The monoisotopic (exact) mass is 355 g/mol. The molecule has 25 heavy (non-hydrogen) atoms. The molecule has 0 spiro atoms. The van der Waals surface area contributed by atoms with E-state index in [1.807, 2.05) is 0 Å². The van der Waals surface area contributed by atoms with E-state index in [1.54, 1.807) is 0 Å². The molecule has 150 valence electrons. The van der Waals surface area contributed by atoms with Crippen LogP contribution < -0.4 is 5.32 Å². The molecule has 0 aromatic heterocycles. The van der Waals surface area contributed by atoms with E-state index in [0.717, 1.165) is 25.9 Å². The molecule has 0 heterocycles. The van der Waals surface area contributed by atoms with Gasteiger partial charge < -0.3 is 10.4 Å². The van der Waals surface area contributed by atoms with E-state index in [4.69, 9.17) is 5.11 Å². The summed E-state index contributed by atoms with van der Waals surface area (Å²) in [5.41, 5.74) is 0. The zero-order valence-corrected chi connectivity index (χ0v) is 17.3. The number of rotatable bonds is 17. The second-order valence-electron chi connectivity index (χ2n) is 6.69. The lowest BCUT2D eigenvalue weighted by Crippen LogP contribution is -2.09. The van der Waals surface area contributed by atoms with Crippen LogP contribution in [0.5, 0.6) is 0 Å². The lowest BCUT2D eigenvalue weighted by molar-refractivity contribution is -0.137. The van der Waals surface area contributed by atoms with E-state index < -0.39 is 5.97 Å². The van der Waals surface area contributed by atoms with Crippen LogP contribution in [0.1, 0.15) is 111 Å². The van der Waals surface area contributed by atoms with Crippen molar-refractivity contribution < 1.29 is 9.90 Å². The Bertz CT molecular complexity index is 275. The van der Waals surface area contributed by atoms with Gasteiger partial charge in [-0.2, -0.15) is 0 Å². The summed E-state index contributed by atoms with van der Waals surface area (Å²) in [6.07, 6.45) is 21.2. The highest BCUT2D eigenvalue weighted by atomic mass is 16.4. The third-order valence-electron chi connectivity index (χ3n) is 4.15. The quantitative estimate of drug-likeness (QED) is 0.225. The number of carboxylic acid groups (broad SMARTS) is 1. The minimum atomic E-state index is -0.664. The van der Waals surface area contributed by atoms with Crippen molar-refractivity contribution in [3.05, 3.63) is 12.2 Å². The molecule has 2 N–H and O–H groups in total. The molecule has 0 aliphatic heterocycles. The maximum absolute atomic E-state index is 10.3. The smallest absolute Gasteiger partial charge is 0.303 e. The Morgan fingerprint density at radius 1 is 0.720 bits per heavy atom. The first-order valence-electron chi connectivity index (χ1n) is 10.8. The molecule has 0 aliphatic carbocycles. The molecule has 3 nitrogen and oxygen atoms in total. The Kier molecular flexibility index (Phi) is 26.8. The first-order valence-corrected chi connectivity index (χ1v) is 10.8. The van der Waals surface area contributed by atoms with E-state index in [1.165, 1.54) is 70.6 Å². The van der Waals surface area contributed by atoms with Crippen LogP contribution in [-0.2, 0) is 4.79 Å². The van der Waals surface area contributed by atoms with Crippen LogP contribution >= 0.6 is 0 Å². The van der Waals surface area contributed by atoms with Crippen LogP contribution in [0.25, 0.3) is 0 Å². The van der Waals surface area contributed by atoms with E-state index in [-0.39, 0.29) is 0 Å². The molecule has 0 aromatic carbocycles. The van der Waals surface area contributed by atoms with Crippen LogP contribution in [0.4, 0.5) is 0 Å². The average molecular weight is 356 g/mol. The molecule has 0 rings (SSSR count). The summed E-state index contributed by atoms with van der Waals surface area (Å²) >= 11 is 0. The molecule has 0 saturated heterocycles. The van der Waals surface area contributed by atoms with Gasteiger partial charge in [-0.25, -0.2) is 0 Å². The molecule has 0 aromatic rings. The molecule has 0 bridgehead atoms. The summed E-state index contributed by atoms with van der Waals surface area (Å²) in [4.78, 5) is 10.3. The summed E-state index contributed by atoms with van der Waals surface area (Å²) in [7, 11) is 0. The van der Waals surface area contributed by atoms with Crippen LogP contribution in [0, 0.1) is 0 Å². The Balaban J connectivity index is 0. The fourth-order valence-corrected chi connectivity index (χ4v) is 2.60. The van der Waals surface area contributed by atoms with Gasteiger partial charge in [0.05, 0.1) is 0 Å². The highest BCUT2D eigenvalue weighted by Gasteiger charge is 1.95. The van der Waals surface area contributed by atoms with E-state index in [9.17, 15) is 4.79 Å². The van der Waals surface area contributed by atoms with Crippen molar-refractivity contribution in [2.45, 2.75) is 111 Å². The minimum Gasteiger partial charge on any atom is -0.481 e. The molecule has 0 radical (unpaired) electrons. The minimum absolute atomic E-state index is 0.332. The zero-order chi connectivity index (χ0) is 19.0. The Morgan fingerprint density at radius 3 is 1.56 bits per heavy atom. The van der Waals surface area contributed by atoms with Crippen molar-refractivity contribution in [2.75, 3.05) is 13.1 Å². The third kappa shape index (κ3) is 31.5. The fraction of sp³-hybridized carbons (Fsp3) is 0.864. The van der Waals surface area contributed by atoms with Crippen LogP contribution in [0.3, 0.4) is 0 Å². The van der Waals surface area contributed by atoms with Gasteiger partial charge in [0, 0.05) is 6.42 Å². The van der Waals surface area contributed by atoms with Crippen LogP contribution in [-0.4, -0.2) is 24.2 Å². The molecule has 0 saturated carbocycles. The van der Waals surface area contributed by atoms with Crippen molar-refractivity contribution in [2.24, 2.45) is 0 Å². The molecule has 3 heteroatoms. The van der Waals surface area contributed by atoms with Gasteiger partial charge >= 0.3 is 5.97 Å². The highest BCUT2D eigenvalue weighted by molar-refractivity contribution is 5.66. The van der Waals surface area contributed by atoms with Crippen molar-refractivity contribution in [1.82, 2.24) is 5.32 Å². The zero-order valence-electron chi connectivity index (χ0n) is 17.3. The molecule has 0 amide bonds. The molecule has 0 unspecified atom stereocenters. The molecular weight excluding hydrogens is 310 g/mol. The number of aliphatic carboxylic acids is 1. The number of hydrogen-bond donors (Lipinski definition) is 2. The summed E-state index contributed by atoms with van der Waals surface area (Å²) in [6.45, 7) is 8.65. The number of allylic oxidation sites excluding steroid dienone is 2. The number of unbranched alkanes of at least 4 members (excludes halogenated alkanes) is 11. The second-order valence-corrected chi connectivity index (χ2v) is 6.69. The number of carbonyl (C=O) groups is 1. The average Bonchev–Trinajstić information content (AvgIpc) is 2.59. The summed E-state index contributed by atoms with van der Waals surface area (Å²) in [5, 5.41) is 11.6. The van der Waals surface area contributed by atoms with Gasteiger partial charge in [-0.15, -0.1) is 0 Å². The lowest BCUT2D eigenvalue weighted by atomic mass is 10.1. The highest BCUT2D eigenvalue weighted by Crippen LogP contribution is 2.09. The first kappa shape index (κ1) is 26.4. The topological polar surface area (TPSA) is 49.3 Å². The summed E-state index contributed by atoms with van der Waals surface area (Å²) in [6, 6.07) is 0.